The van der Waals surface area contributed by atoms with E-state index in [-0.39, 0.29) is 18.4 Å². The van der Waals surface area contributed by atoms with E-state index in [9.17, 15) is 9.59 Å². The summed E-state index contributed by atoms with van der Waals surface area (Å²) in [6.07, 6.45) is 0.490. The fourth-order valence-corrected chi connectivity index (χ4v) is 2.74. The third kappa shape index (κ3) is 2.76. The van der Waals surface area contributed by atoms with Crippen LogP contribution in [0.1, 0.15) is 5.56 Å². The molecule has 3 rings (SSSR count). The van der Waals surface area contributed by atoms with E-state index in [4.69, 9.17) is 5.73 Å². The van der Waals surface area contributed by atoms with Crippen LogP contribution in [0, 0.1) is 0 Å². The van der Waals surface area contributed by atoms with Gasteiger partial charge in [0.2, 0.25) is 16.9 Å². The molecule has 0 spiro atoms. The predicted octanol–water partition coefficient (Wildman–Crippen LogP) is 0.393. The van der Waals surface area contributed by atoms with E-state index in [1.807, 2.05) is 24.3 Å². The maximum Gasteiger partial charge on any atom is 0.246 e. The molecule has 2 amide bonds. The van der Waals surface area contributed by atoms with Gasteiger partial charge in [-0.15, -0.1) is 10.2 Å². The number of hydrogen-bond acceptors (Lipinski definition) is 6. The molecule has 0 bridgehead atoms. The number of amides is 2. The standard InChI is InChI=1S/C13H13N5O2S/c14-9-5-8-3-1-2-4-10(8)18(12(9)20)6-11(19)16-13-17-15-7-21-13/h1-4,7,9H,5-6,14H2,(H,16,17,19). The molecule has 1 unspecified atom stereocenters. The number of fused-ring (bicyclic) bond motifs is 1. The van der Waals surface area contributed by atoms with E-state index < -0.39 is 6.04 Å². The molecular formula is C13H13N5O2S. The SMILES string of the molecule is NC1Cc2ccccc2N(CC(=O)Nc2nncs2)C1=O. The Morgan fingerprint density at radius 1 is 1.48 bits per heavy atom. The molecule has 1 atom stereocenters. The zero-order valence-corrected chi connectivity index (χ0v) is 11.8. The molecule has 1 aromatic heterocycles. The first-order chi connectivity index (χ1) is 10.1. The zero-order chi connectivity index (χ0) is 14.8. The number of nitrogens with two attached hydrogens (primary N) is 1. The topological polar surface area (TPSA) is 101 Å². The Bertz CT molecular complexity index is 673. The summed E-state index contributed by atoms with van der Waals surface area (Å²) in [7, 11) is 0. The summed E-state index contributed by atoms with van der Waals surface area (Å²) in [6, 6.07) is 6.84. The molecule has 0 saturated heterocycles. The van der Waals surface area contributed by atoms with Crippen molar-refractivity contribution in [2.75, 3.05) is 16.8 Å². The Balaban J connectivity index is 1.80. The van der Waals surface area contributed by atoms with Crippen molar-refractivity contribution in [2.24, 2.45) is 5.73 Å². The first-order valence-corrected chi connectivity index (χ1v) is 7.24. The van der Waals surface area contributed by atoms with Crippen LogP contribution in [0.5, 0.6) is 0 Å². The third-order valence-electron chi connectivity index (χ3n) is 3.21. The van der Waals surface area contributed by atoms with Gasteiger partial charge in [-0.2, -0.15) is 0 Å². The second kappa shape index (κ2) is 5.58. The van der Waals surface area contributed by atoms with E-state index >= 15 is 0 Å². The van der Waals surface area contributed by atoms with Crippen LogP contribution in [0.4, 0.5) is 10.8 Å². The van der Waals surface area contributed by atoms with Crippen molar-refractivity contribution < 1.29 is 9.59 Å². The molecule has 0 radical (unpaired) electrons. The quantitative estimate of drug-likeness (QED) is 0.854. The number of carbonyl (C=O) groups excluding carboxylic acids is 2. The third-order valence-corrected chi connectivity index (χ3v) is 3.82. The first kappa shape index (κ1) is 13.7. The van der Waals surface area contributed by atoms with Crippen molar-refractivity contribution in [3.05, 3.63) is 35.3 Å². The van der Waals surface area contributed by atoms with Gasteiger partial charge in [0.1, 0.15) is 12.1 Å². The highest BCUT2D eigenvalue weighted by Crippen LogP contribution is 2.26. The van der Waals surface area contributed by atoms with Gasteiger partial charge < -0.3 is 10.6 Å². The van der Waals surface area contributed by atoms with Gasteiger partial charge >= 0.3 is 0 Å². The number of nitrogens with one attached hydrogen (secondary N) is 1. The first-order valence-electron chi connectivity index (χ1n) is 6.36. The number of aromatic nitrogens is 2. The minimum atomic E-state index is -0.616. The van der Waals surface area contributed by atoms with Crippen LogP contribution >= 0.6 is 11.3 Å². The molecular weight excluding hydrogens is 290 g/mol. The molecule has 1 aliphatic rings. The van der Waals surface area contributed by atoms with Gasteiger partial charge in [-0.1, -0.05) is 29.5 Å². The molecule has 2 aromatic rings. The minimum absolute atomic E-state index is 0.0941. The average molecular weight is 303 g/mol. The number of hydrogen-bond donors (Lipinski definition) is 2. The molecule has 1 aliphatic heterocycles. The largest absolute Gasteiger partial charge is 0.320 e. The van der Waals surface area contributed by atoms with Crippen molar-refractivity contribution >= 4 is 34.0 Å². The molecule has 0 saturated carbocycles. The summed E-state index contributed by atoms with van der Waals surface area (Å²) in [5.41, 5.74) is 9.07. The Morgan fingerprint density at radius 2 is 2.29 bits per heavy atom. The van der Waals surface area contributed by atoms with Crippen LogP contribution in [0.25, 0.3) is 0 Å². The van der Waals surface area contributed by atoms with Gasteiger partial charge in [0.05, 0.1) is 6.04 Å². The van der Waals surface area contributed by atoms with Crippen LogP contribution in [0.3, 0.4) is 0 Å². The second-order valence-electron chi connectivity index (χ2n) is 4.66. The van der Waals surface area contributed by atoms with E-state index in [0.717, 1.165) is 11.3 Å². The normalized spacial score (nSPS) is 17.5. The maximum absolute atomic E-state index is 12.2. The molecule has 7 nitrogen and oxygen atoms in total. The molecule has 2 heterocycles. The monoisotopic (exact) mass is 303 g/mol. The lowest BCUT2D eigenvalue weighted by Crippen LogP contribution is -2.51. The summed E-state index contributed by atoms with van der Waals surface area (Å²) in [4.78, 5) is 25.7. The Morgan fingerprint density at radius 3 is 3.05 bits per heavy atom. The highest BCUT2D eigenvalue weighted by atomic mass is 32.1. The van der Waals surface area contributed by atoms with Crippen LogP contribution in [0.2, 0.25) is 0 Å². The van der Waals surface area contributed by atoms with Crippen molar-refractivity contribution in [3.8, 4) is 0 Å². The summed E-state index contributed by atoms with van der Waals surface area (Å²) in [6.45, 7) is -0.0941. The van der Waals surface area contributed by atoms with Gasteiger partial charge in [0, 0.05) is 5.69 Å². The Kier molecular flexibility index (Phi) is 3.63. The van der Waals surface area contributed by atoms with E-state index in [0.29, 0.717) is 11.6 Å². The van der Waals surface area contributed by atoms with Gasteiger partial charge in [-0.3, -0.25) is 14.9 Å². The van der Waals surface area contributed by atoms with Crippen molar-refractivity contribution in [1.82, 2.24) is 10.2 Å². The Hall–Kier alpha value is -2.32. The number of nitrogens with zero attached hydrogens (tertiary/aromatic N) is 3. The summed E-state index contributed by atoms with van der Waals surface area (Å²) in [5.74, 6) is -0.579. The average Bonchev–Trinajstić information content (AvgIpc) is 2.96. The van der Waals surface area contributed by atoms with E-state index in [1.54, 1.807) is 0 Å². The smallest absolute Gasteiger partial charge is 0.246 e. The fourth-order valence-electron chi connectivity index (χ4n) is 2.28. The van der Waals surface area contributed by atoms with Gasteiger partial charge in [0.25, 0.3) is 0 Å². The summed E-state index contributed by atoms with van der Waals surface area (Å²) in [5, 5.41) is 10.4. The maximum atomic E-state index is 12.2. The lowest BCUT2D eigenvalue weighted by atomic mass is 9.98. The lowest BCUT2D eigenvalue weighted by Gasteiger charge is -2.32. The summed E-state index contributed by atoms with van der Waals surface area (Å²) >= 11 is 1.22. The lowest BCUT2D eigenvalue weighted by molar-refractivity contribution is -0.122. The van der Waals surface area contributed by atoms with E-state index in [1.165, 1.54) is 21.7 Å². The van der Waals surface area contributed by atoms with E-state index in [2.05, 4.69) is 15.5 Å². The highest BCUT2D eigenvalue weighted by molar-refractivity contribution is 7.13. The molecule has 1 aromatic carbocycles. The molecule has 0 fully saturated rings. The number of carbonyl (C=O) groups is 2. The van der Waals surface area contributed by atoms with Gasteiger partial charge in [-0.25, -0.2) is 0 Å². The van der Waals surface area contributed by atoms with Gasteiger partial charge in [0.15, 0.2) is 0 Å². The number of rotatable bonds is 3. The van der Waals surface area contributed by atoms with Crippen molar-refractivity contribution in [1.29, 1.82) is 0 Å². The number of anilines is 2. The minimum Gasteiger partial charge on any atom is -0.320 e. The zero-order valence-electron chi connectivity index (χ0n) is 11.0. The summed E-state index contributed by atoms with van der Waals surface area (Å²) < 4.78 is 0. The van der Waals surface area contributed by atoms with Gasteiger partial charge in [-0.05, 0) is 18.1 Å². The highest BCUT2D eigenvalue weighted by Gasteiger charge is 2.31. The fraction of sp³-hybridized carbons (Fsp3) is 0.231. The molecule has 108 valence electrons. The molecule has 3 N–H and O–H groups in total. The number of para-hydroxylation sites is 1. The van der Waals surface area contributed by atoms with Crippen LogP contribution in [0.15, 0.2) is 29.8 Å². The van der Waals surface area contributed by atoms with Crippen molar-refractivity contribution in [2.45, 2.75) is 12.5 Å². The second-order valence-corrected chi connectivity index (χ2v) is 5.49. The molecule has 8 heteroatoms. The number of benzene rings is 1. The van der Waals surface area contributed by atoms with Crippen LogP contribution < -0.4 is 16.0 Å². The van der Waals surface area contributed by atoms with Crippen LogP contribution in [-0.4, -0.2) is 34.6 Å². The molecule has 21 heavy (non-hydrogen) atoms. The molecule has 0 aliphatic carbocycles. The van der Waals surface area contributed by atoms with Crippen LogP contribution in [-0.2, 0) is 16.0 Å². The Labute approximate surface area is 124 Å². The van der Waals surface area contributed by atoms with Crippen molar-refractivity contribution in [3.63, 3.8) is 0 Å². The predicted molar refractivity (Wildman–Crippen MR) is 79.0 cm³/mol.